The van der Waals surface area contributed by atoms with E-state index >= 15 is 0 Å². The van der Waals surface area contributed by atoms with E-state index in [9.17, 15) is 0 Å². The molecule has 0 aliphatic rings. The molecule has 182 valence electrons. The van der Waals surface area contributed by atoms with Gasteiger partial charge in [-0.25, -0.2) is 0 Å². The highest BCUT2D eigenvalue weighted by atomic mass is 32.1. The predicted molar refractivity (Wildman–Crippen MR) is 170 cm³/mol. The quantitative estimate of drug-likeness (QED) is 0.216. The van der Waals surface area contributed by atoms with Crippen LogP contribution in [0.3, 0.4) is 0 Å². The van der Waals surface area contributed by atoms with Gasteiger partial charge in [0.15, 0.2) is 0 Å². The van der Waals surface area contributed by atoms with E-state index in [1.54, 1.807) is 0 Å². The lowest BCUT2D eigenvalue weighted by Gasteiger charge is -2.05. The minimum absolute atomic E-state index is 0.924. The minimum Gasteiger partial charge on any atom is -0.455 e. The summed E-state index contributed by atoms with van der Waals surface area (Å²) in [5.41, 5.74) is 6.75. The fourth-order valence-electron chi connectivity index (χ4n) is 6.11. The van der Waals surface area contributed by atoms with Crippen LogP contribution in [-0.4, -0.2) is 0 Å². The molecule has 9 aromatic rings. The Kier molecular flexibility index (Phi) is 4.43. The summed E-state index contributed by atoms with van der Waals surface area (Å²) < 4.78 is 11.9. The molecule has 1 nitrogen and oxygen atoms in total. The SMILES string of the molecule is c1ccc2c(c1)sc1c(-c3ccc4oc5c(-c6cccc7c6sc6ccccc67)cccc5c4c3)cccc12. The Morgan fingerprint density at radius 1 is 0.410 bits per heavy atom. The summed E-state index contributed by atoms with van der Waals surface area (Å²) in [7, 11) is 0. The van der Waals surface area contributed by atoms with Gasteiger partial charge in [0.25, 0.3) is 0 Å². The minimum atomic E-state index is 0.924. The maximum absolute atomic E-state index is 6.59. The highest BCUT2D eigenvalue weighted by molar-refractivity contribution is 7.26. The molecule has 9 rings (SSSR count). The number of rotatable bonds is 2. The van der Waals surface area contributed by atoms with Gasteiger partial charge in [0.05, 0.1) is 0 Å². The van der Waals surface area contributed by atoms with Crippen LogP contribution in [0, 0.1) is 0 Å². The van der Waals surface area contributed by atoms with Gasteiger partial charge < -0.3 is 4.42 Å². The zero-order valence-corrected chi connectivity index (χ0v) is 22.4. The van der Waals surface area contributed by atoms with Crippen molar-refractivity contribution < 1.29 is 4.42 Å². The predicted octanol–water partition coefficient (Wildman–Crippen LogP) is 11.7. The fourth-order valence-corrected chi connectivity index (χ4v) is 8.58. The topological polar surface area (TPSA) is 13.1 Å². The lowest BCUT2D eigenvalue weighted by Crippen LogP contribution is -1.80. The molecule has 0 saturated carbocycles. The zero-order valence-electron chi connectivity index (χ0n) is 20.8. The Morgan fingerprint density at radius 2 is 0.974 bits per heavy atom. The van der Waals surface area contributed by atoms with Crippen molar-refractivity contribution in [2.24, 2.45) is 0 Å². The Hall–Kier alpha value is -4.44. The highest BCUT2D eigenvalue weighted by Gasteiger charge is 2.17. The Bertz CT molecular complexity index is 2400. The van der Waals surface area contributed by atoms with Crippen LogP contribution in [0.15, 0.2) is 126 Å². The number of hydrogen-bond acceptors (Lipinski definition) is 3. The van der Waals surface area contributed by atoms with E-state index in [1.165, 1.54) is 57.0 Å². The summed E-state index contributed by atoms with van der Waals surface area (Å²) >= 11 is 3.73. The first-order chi connectivity index (χ1) is 19.3. The molecule has 0 fully saturated rings. The molecule has 3 heterocycles. The third kappa shape index (κ3) is 3.06. The lowest BCUT2D eigenvalue weighted by molar-refractivity contribution is 0.670. The molecule has 0 bridgehead atoms. The van der Waals surface area contributed by atoms with Gasteiger partial charge in [0.2, 0.25) is 0 Å². The summed E-state index contributed by atoms with van der Waals surface area (Å²) in [4.78, 5) is 0. The van der Waals surface area contributed by atoms with Crippen molar-refractivity contribution in [1.29, 1.82) is 0 Å². The number of hydrogen-bond donors (Lipinski definition) is 0. The smallest absolute Gasteiger partial charge is 0.143 e. The second kappa shape index (κ2) is 8.03. The van der Waals surface area contributed by atoms with Crippen LogP contribution in [0.1, 0.15) is 0 Å². The van der Waals surface area contributed by atoms with Crippen molar-refractivity contribution in [3.8, 4) is 22.3 Å². The van der Waals surface area contributed by atoms with Gasteiger partial charge in [-0.2, -0.15) is 0 Å². The van der Waals surface area contributed by atoms with Crippen LogP contribution in [-0.2, 0) is 0 Å². The third-order valence-electron chi connectivity index (χ3n) is 7.91. The van der Waals surface area contributed by atoms with E-state index in [-0.39, 0.29) is 0 Å². The van der Waals surface area contributed by atoms with Crippen molar-refractivity contribution in [2.75, 3.05) is 0 Å². The standard InChI is InChI=1S/C36H20OS2/c1-3-16-32-23(8-1)27-13-5-10-22(35(27)38-32)21-18-19-31-30(20-21)26-12-6-11-25(34(26)37-31)29-15-7-14-28-24-9-2-4-17-33(24)39-36(28)29/h1-20H. The van der Waals surface area contributed by atoms with Crippen LogP contribution in [0.4, 0.5) is 0 Å². The van der Waals surface area contributed by atoms with Crippen LogP contribution in [0.25, 0.3) is 84.5 Å². The number of para-hydroxylation sites is 1. The van der Waals surface area contributed by atoms with Gasteiger partial charge in [0, 0.05) is 62.2 Å². The summed E-state index contributed by atoms with van der Waals surface area (Å²) in [5, 5.41) is 7.59. The third-order valence-corrected chi connectivity index (χ3v) is 10.3. The Balaban J connectivity index is 1.28. The van der Waals surface area contributed by atoms with Gasteiger partial charge in [-0.1, -0.05) is 97.1 Å². The molecule has 0 amide bonds. The van der Waals surface area contributed by atoms with Crippen molar-refractivity contribution in [1.82, 2.24) is 0 Å². The average molecular weight is 533 g/mol. The molecule has 0 aliphatic heterocycles. The monoisotopic (exact) mass is 532 g/mol. The zero-order chi connectivity index (χ0) is 25.5. The Labute approximate surface area is 232 Å². The molecular weight excluding hydrogens is 513 g/mol. The van der Waals surface area contributed by atoms with E-state index in [0.717, 1.165) is 27.5 Å². The molecule has 0 N–H and O–H groups in total. The molecular formula is C36H20OS2. The molecule has 0 radical (unpaired) electrons. The normalized spacial score (nSPS) is 12.1. The van der Waals surface area contributed by atoms with Gasteiger partial charge in [-0.15, -0.1) is 22.7 Å². The van der Waals surface area contributed by atoms with Gasteiger partial charge in [-0.3, -0.25) is 0 Å². The number of benzene rings is 6. The largest absolute Gasteiger partial charge is 0.455 e. The van der Waals surface area contributed by atoms with Gasteiger partial charge >= 0.3 is 0 Å². The lowest BCUT2D eigenvalue weighted by atomic mass is 9.98. The van der Waals surface area contributed by atoms with Crippen molar-refractivity contribution in [3.05, 3.63) is 121 Å². The van der Waals surface area contributed by atoms with Crippen LogP contribution >= 0.6 is 22.7 Å². The van der Waals surface area contributed by atoms with Crippen molar-refractivity contribution in [2.45, 2.75) is 0 Å². The molecule has 0 atom stereocenters. The molecule has 3 heteroatoms. The highest BCUT2D eigenvalue weighted by Crippen LogP contribution is 2.45. The summed E-state index contributed by atoms with van der Waals surface area (Å²) in [5.74, 6) is 0. The summed E-state index contributed by atoms with van der Waals surface area (Å²) in [6.45, 7) is 0. The maximum Gasteiger partial charge on any atom is 0.143 e. The van der Waals surface area contributed by atoms with E-state index in [0.29, 0.717) is 0 Å². The van der Waals surface area contributed by atoms with Gasteiger partial charge in [-0.05, 0) is 35.4 Å². The first-order valence-electron chi connectivity index (χ1n) is 13.1. The second-order valence-electron chi connectivity index (χ2n) is 10.1. The van der Waals surface area contributed by atoms with Crippen molar-refractivity contribution in [3.63, 3.8) is 0 Å². The van der Waals surface area contributed by atoms with Crippen LogP contribution < -0.4 is 0 Å². The van der Waals surface area contributed by atoms with Crippen LogP contribution in [0.5, 0.6) is 0 Å². The Morgan fingerprint density at radius 3 is 1.69 bits per heavy atom. The molecule has 0 saturated heterocycles. The fraction of sp³-hybridized carbons (Fsp3) is 0. The number of furan rings is 1. The molecule has 0 aliphatic carbocycles. The van der Waals surface area contributed by atoms with Crippen LogP contribution in [0.2, 0.25) is 0 Å². The summed E-state index contributed by atoms with van der Waals surface area (Å²) in [6.07, 6.45) is 0. The number of thiophene rings is 2. The first kappa shape index (κ1) is 21.5. The summed E-state index contributed by atoms with van der Waals surface area (Å²) in [6, 6.07) is 43.9. The average Bonchev–Trinajstić information content (AvgIpc) is 3.68. The van der Waals surface area contributed by atoms with Gasteiger partial charge in [0.1, 0.15) is 11.2 Å². The van der Waals surface area contributed by atoms with E-state index < -0.39 is 0 Å². The first-order valence-corrected chi connectivity index (χ1v) is 14.7. The molecule has 0 unspecified atom stereocenters. The molecule has 3 aromatic heterocycles. The second-order valence-corrected chi connectivity index (χ2v) is 12.2. The number of fused-ring (bicyclic) bond motifs is 9. The molecule has 6 aromatic carbocycles. The van der Waals surface area contributed by atoms with Crippen molar-refractivity contribution >= 4 is 85.0 Å². The molecule has 0 spiro atoms. The maximum atomic E-state index is 6.59. The van der Waals surface area contributed by atoms with E-state index in [4.69, 9.17) is 4.42 Å². The van der Waals surface area contributed by atoms with E-state index in [2.05, 4.69) is 121 Å². The van der Waals surface area contributed by atoms with E-state index in [1.807, 2.05) is 22.7 Å². The molecule has 39 heavy (non-hydrogen) atoms.